The number of anilines is 1. The van der Waals surface area contributed by atoms with E-state index < -0.39 is 11.9 Å². The first-order chi connectivity index (χ1) is 11.5. The minimum absolute atomic E-state index is 0.0768. The van der Waals surface area contributed by atoms with Gasteiger partial charge in [-0.25, -0.2) is 9.97 Å². The molecule has 3 rings (SSSR count). The van der Waals surface area contributed by atoms with Crippen LogP contribution in [0.3, 0.4) is 0 Å². The van der Waals surface area contributed by atoms with Gasteiger partial charge in [-0.3, -0.25) is 9.67 Å². The van der Waals surface area contributed by atoms with Crippen molar-refractivity contribution in [3.8, 4) is 11.5 Å². The van der Waals surface area contributed by atoms with Crippen LogP contribution in [0.4, 0.5) is 19.0 Å². The summed E-state index contributed by atoms with van der Waals surface area (Å²) in [6.45, 7) is 0.870. The lowest BCUT2D eigenvalue weighted by atomic mass is 10.3. The second-order valence-corrected chi connectivity index (χ2v) is 4.87. The Labute approximate surface area is 135 Å². The number of nitrogens with one attached hydrogen (secondary N) is 1. The van der Waals surface area contributed by atoms with Crippen LogP contribution in [-0.4, -0.2) is 31.3 Å². The molecule has 24 heavy (non-hydrogen) atoms. The number of hydrogen-bond acceptors (Lipinski definition) is 5. The molecule has 0 saturated carbocycles. The monoisotopic (exact) mass is 334 g/mol. The van der Waals surface area contributed by atoms with Crippen molar-refractivity contribution < 1.29 is 13.2 Å². The second kappa shape index (κ2) is 6.65. The summed E-state index contributed by atoms with van der Waals surface area (Å²) in [5.74, 6) is 0.0112. The van der Waals surface area contributed by atoms with Gasteiger partial charge in [-0.1, -0.05) is 6.07 Å². The summed E-state index contributed by atoms with van der Waals surface area (Å²) in [6, 6.07) is 7.54. The summed E-state index contributed by atoms with van der Waals surface area (Å²) >= 11 is 0. The van der Waals surface area contributed by atoms with Gasteiger partial charge in [0.2, 0.25) is 0 Å². The molecule has 0 unspecified atom stereocenters. The second-order valence-electron chi connectivity index (χ2n) is 4.87. The zero-order valence-electron chi connectivity index (χ0n) is 12.4. The Kier molecular flexibility index (Phi) is 4.41. The van der Waals surface area contributed by atoms with Gasteiger partial charge in [0.1, 0.15) is 11.5 Å². The SMILES string of the molecule is FC(F)(F)c1cc(NCCn2cccn2)nc(-c2ccccn2)n1. The van der Waals surface area contributed by atoms with Gasteiger partial charge in [-0.05, 0) is 18.2 Å². The zero-order valence-corrected chi connectivity index (χ0v) is 12.4. The Morgan fingerprint density at radius 3 is 2.62 bits per heavy atom. The van der Waals surface area contributed by atoms with E-state index in [0.29, 0.717) is 13.1 Å². The third-order valence-corrected chi connectivity index (χ3v) is 3.12. The maximum atomic E-state index is 13.1. The molecule has 0 saturated heterocycles. The first-order valence-corrected chi connectivity index (χ1v) is 7.11. The number of hydrogen-bond donors (Lipinski definition) is 1. The van der Waals surface area contributed by atoms with Crippen LogP contribution < -0.4 is 5.32 Å². The molecule has 0 radical (unpaired) electrons. The van der Waals surface area contributed by atoms with Gasteiger partial charge in [0.15, 0.2) is 11.5 Å². The average molecular weight is 334 g/mol. The van der Waals surface area contributed by atoms with E-state index in [4.69, 9.17) is 0 Å². The van der Waals surface area contributed by atoms with E-state index in [1.54, 1.807) is 41.3 Å². The number of nitrogens with zero attached hydrogens (tertiary/aromatic N) is 5. The summed E-state index contributed by atoms with van der Waals surface area (Å²) in [5.41, 5.74) is -0.738. The third-order valence-electron chi connectivity index (χ3n) is 3.12. The Morgan fingerprint density at radius 1 is 1.08 bits per heavy atom. The predicted octanol–water partition coefficient (Wildman–Crippen LogP) is 2.87. The lowest BCUT2D eigenvalue weighted by molar-refractivity contribution is -0.141. The minimum Gasteiger partial charge on any atom is -0.368 e. The van der Waals surface area contributed by atoms with E-state index in [-0.39, 0.29) is 17.3 Å². The van der Waals surface area contributed by atoms with Crippen LogP contribution in [-0.2, 0) is 12.7 Å². The highest BCUT2D eigenvalue weighted by Crippen LogP contribution is 2.30. The fraction of sp³-hybridized carbons (Fsp3) is 0.200. The molecule has 1 N–H and O–H groups in total. The molecule has 0 aliphatic rings. The normalized spacial score (nSPS) is 11.5. The molecule has 9 heteroatoms. The molecule has 0 aromatic carbocycles. The molecular weight excluding hydrogens is 321 g/mol. The van der Waals surface area contributed by atoms with Crippen LogP contribution in [0.15, 0.2) is 48.9 Å². The van der Waals surface area contributed by atoms with Crippen molar-refractivity contribution in [1.82, 2.24) is 24.7 Å². The van der Waals surface area contributed by atoms with Gasteiger partial charge in [-0.2, -0.15) is 18.3 Å². The molecule has 3 aromatic heterocycles. The van der Waals surface area contributed by atoms with Gasteiger partial charge in [0.05, 0.1) is 6.54 Å². The van der Waals surface area contributed by atoms with Gasteiger partial charge in [0.25, 0.3) is 0 Å². The zero-order chi connectivity index (χ0) is 17.0. The first-order valence-electron chi connectivity index (χ1n) is 7.11. The Bertz CT molecular complexity index is 787. The average Bonchev–Trinajstić information content (AvgIpc) is 3.08. The van der Waals surface area contributed by atoms with Crippen molar-refractivity contribution in [2.45, 2.75) is 12.7 Å². The third kappa shape index (κ3) is 3.86. The predicted molar refractivity (Wildman–Crippen MR) is 81.0 cm³/mol. The Hall–Kier alpha value is -2.97. The minimum atomic E-state index is -4.56. The summed E-state index contributed by atoms with van der Waals surface area (Å²) in [6.07, 6.45) is 0.308. The number of pyridine rings is 1. The van der Waals surface area contributed by atoms with E-state index in [0.717, 1.165) is 6.07 Å². The van der Waals surface area contributed by atoms with Crippen molar-refractivity contribution in [2.24, 2.45) is 0 Å². The van der Waals surface area contributed by atoms with Crippen molar-refractivity contribution in [1.29, 1.82) is 0 Å². The van der Waals surface area contributed by atoms with Gasteiger partial charge in [0, 0.05) is 31.2 Å². The number of aromatic nitrogens is 5. The highest BCUT2D eigenvalue weighted by Gasteiger charge is 2.34. The molecule has 0 aliphatic heterocycles. The summed E-state index contributed by atoms with van der Waals surface area (Å²) in [5, 5.41) is 6.89. The van der Waals surface area contributed by atoms with Crippen molar-refractivity contribution in [3.63, 3.8) is 0 Å². The fourth-order valence-electron chi connectivity index (χ4n) is 2.02. The lowest BCUT2D eigenvalue weighted by Gasteiger charge is -2.11. The summed E-state index contributed by atoms with van der Waals surface area (Å²) < 4.78 is 40.8. The van der Waals surface area contributed by atoms with E-state index in [1.165, 1.54) is 6.20 Å². The molecule has 0 amide bonds. The quantitative estimate of drug-likeness (QED) is 0.777. The van der Waals surface area contributed by atoms with Crippen LogP contribution in [0.1, 0.15) is 5.69 Å². The molecule has 124 valence electrons. The molecule has 0 atom stereocenters. The van der Waals surface area contributed by atoms with Crippen LogP contribution in [0.25, 0.3) is 11.5 Å². The van der Waals surface area contributed by atoms with Crippen LogP contribution in [0, 0.1) is 0 Å². The van der Waals surface area contributed by atoms with Gasteiger partial charge >= 0.3 is 6.18 Å². The van der Waals surface area contributed by atoms with Crippen LogP contribution in [0.2, 0.25) is 0 Å². The Balaban J connectivity index is 1.84. The molecule has 6 nitrogen and oxygen atoms in total. The van der Waals surface area contributed by atoms with Crippen molar-refractivity contribution in [2.75, 3.05) is 11.9 Å². The first kappa shape index (κ1) is 15.9. The molecule has 0 bridgehead atoms. The largest absolute Gasteiger partial charge is 0.433 e. The number of alkyl halides is 3. The topological polar surface area (TPSA) is 68.5 Å². The highest BCUT2D eigenvalue weighted by atomic mass is 19.4. The molecule has 3 heterocycles. The summed E-state index contributed by atoms with van der Waals surface area (Å²) in [4.78, 5) is 11.7. The Morgan fingerprint density at radius 2 is 1.96 bits per heavy atom. The maximum absolute atomic E-state index is 13.1. The smallest absolute Gasteiger partial charge is 0.368 e. The van der Waals surface area contributed by atoms with Gasteiger partial charge < -0.3 is 5.32 Å². The van der Waals surface area contributed by atoms with E-state index in [9.17, 15) is 13.2 Å². The molecule has 0 aliphatic carbocycles. The number of rotatable bonds is 5. The molecule has 0 fully saturated rings. The van der Waals surface area contributed by atoms with Crippen molar-refractivity contribution >= 4 is 5.82 Å². The standard InChI is InChI=1S/C15H13F3N6/c16-15(17,18)12-10-13(20-7-9-24-8-3-6-21-24)23-14(22-12)11-4-1-2-5-19-11/h1-6,8,10H,7,9H2,(H,20,22,23). The van der Waals surface area contributed by atoms with Crippen LogP contribution in [0.5, 0.6) is 0 Å². The van der Waals surface area contributed by atoms with E-state index in [2.05, 4.69) is 25.4 Å². The lowest BCUT2D eigenvalue weighted by Crippen LogP contribution is -2.15. The fourth-order valence-corrected chi connectivity index (χ4v) is 2.02. The maximum Gasteiger partial charge on any atom is 0.433 e. The number of halogens is 3. The van der Waals surface area contributed by atoms with Gasteiger partial charge in [-0.15, -0.1) is 0 Å². The molecule has 3 aromatic rings. The molecular formula is C15H13F3N6. The van der Waals surface area contributed by atoms with E-state index >= 15 is 0 Å². The van der Waals surface area contributed by atoms with E-state index in [1.807, 2.05) is 0 Å². The highest BCUT2D eigenvalue weighted by molar-refractivity contribution is 5.53. The van der Waals surface area contributed by atoms with Crippen molar-refractivity contribution in [3.05, 3.63) is 54.6 Å². The van der Waals surface area contributed by atoms with Crippen LogP contribution >= 0.6 is 0 Å². The summed E-state index contributed by atoms with van der Waals surface area (Å²) in [7, 11) is 0. The molecule has 0 spiro atoms.